The summed E-state index contributed by atoms with van der Waals surface area (Å²) in [4.78, 5) is 13.2. The molecule has 0 radical (unpaired) electrons. The molecule has 1 N–H and O–H groups in total. The maximum absolute atomic E-state index is 13.0. The highest BCUT2D eigenvalue weighted by molar-refractivity contribution is 5.56. The maximum Gasteiger partial charge on any atom is 0.180 e. The summed E-state index contributed by atoms with van der Waals surface area (Å²) >= 11 is 0. The molecule has 0 amide bonds. The predicted octanol–water partition coefficient (Wildman–Crippen LogP) is 2.57. The van der Waals surface area contributed by atoms with E-state index in [-0.39, 0.29) is 5.82 Å². The lowest BCUT2D eigenvalue weighted by Crippen LogP contribution is -2.17. The molecule has 110 valence electrons. The molecule has 0 saturated heterocycles. The average Bonchev–Trinajstić information content (AvgIpc) is 2.53. The highest BCUT2D eigenvalue weighted by Gasteiger charge is 2.19. The number of anilines is 1. The molecule has 1 aliphatic heterocycles. The van der Waals surface area contributed by atoms with Gasteiger partial charge in [0.1, 0.15) is 17.3 Å². The van der Waals surface area contributed by atoms with Crippen LogP contribution in [-0.2, 0) is 17.8 Å². The minimum Gasteiger partial charge on any atom is -0.376 e. The molecular weight excluding hydrogens is 271 g/mol. The Labute approximate surface area is 122 Å². The first kappa shape index (κ1) is 13.9. The number of fused-ring (bicyclic) bond motifs is 1. The summed E-state index contributed by atoms with van der Waals surface area (Å²) in [6.07, 6.45) is 2.94. The molecule has 21 heavy (non-hydrogen) atoms. The van der Waals surface area contributed by atoms with E-state index in [0.29, 0.717) is 24.7 Å². The maximum atomic E-state index is 13.0. The van der Waals surface area contributed by atoms with Crippen molar-refractivity contribution < 1.29 is 9.13 Å². The Hall–Kier alpha value is -2.08. The number of hydrogen-bond acceptors (Lipinski definition) is 5. The van der Waals surface area contributed by atoms with Crippen LogP contribution in [0.5, 0.6) is 0 Å². The van der Waals surface area contributed by atoms with Crippen LogP contribution in [-0.4, -0.2) is 28.1 Å². The van der Waals surface area contributed by atoms with Gasteiger partial charge in [-0.15, -0.1) is 0 Å². The molecule has 0 saturated carbocycles. The topological polar surface area (TPSA) is 59.9 Å². The molecule has 0 bridgehead atoms. The Kier molecular flexibility index (Phi) is 4.06. The molecule has 3 heterocycles. The molecule has 0 unspecified atom stereocenters. The number of hydrogen-bond donors (Lipinski definition) is 1. The minimum absolute atomic E-state index is 0.366. The van der Waals surface area contributed by atoms with E-state index >= 15 is 0 Å². The van der Waals surface area contributed by atoms with E-state index in [1.54, 1.807) is 6.07 Å². The van der Waals surface area contributed by atoms with Crippen LogP contribution in [0.3, 0.4) is 0 Å². The molecule has 5 nitrogen and oxygen atoms in total. The third-order valence-electron chi connectivity index (χ3n) is 3.32. The van der Waals surface area contributed by atoms with Crippen LogP contribution in [0.4, 0.5) is 10.2 Å². The zero-order valence-electron chi connectivity index (χ0n) is 11.9. The van der Waals surface area contributed by atoms with Gasteiger partial charge in [-0.1, -0.05) is 6.92 Å². The van der Waals surface area contributed by atoms with Crippen LogP contribution in [0.1, 0.15) is 24.6 Å². The fourth-order valence-corrected chi connectivity index (χ4v) is 2.24. The van der Waals surface area contributed by atoms with Gasteiger partial charge in [-0.2, -0.15) is 0 Å². The first-order chi connectivity index (χ1) is 10.3. The Morgan fingerprint density at radius 2 is 2.24 bits per heavy atom. The molecule has 0 spiro atoms. The lowest BCUT2D eigenvalue weighted by molar-refractivity contribution is 0.109. The standard InChI is InChI=1S/C15H17FN4O/c1-2-6-17-14-11-9-21-7-5-12(11)19-15(20-14)13-4-3-10(16)8-18-13/h3-4,8H,2,5-7,9H2,1H3,(H,17,19,20). The zero-order valence-corrected chi connectivity index (χ0v) is 11.9. The van der Waals surface area contributed by atoms with Crippen LogP contribution in [0.15, 0.2) is 18.3 Å². The normalized spacial score (nSPS) is 13.8. The largest absolute Gasteiger partial charge is 0.376 e. The van der Waals surface area contributed by atoms with E-state index in [9.17, 15) is 4.39 Å². The van der Waals surface area contributed by atoms with Gasteiger partial charge in [-0.05, 0) is 18.6 Å². The van der Waals surface area contributed by atoms with Crippen molar-refractivity contribution in [3.8, 4) is 11.5 Å². The van der Waals surface area contributed by atoms with E-state index in [1.165, 1.54) is 12.3 Å². The summed E-state index contributed by atoms with van der Waals surface area (Å²) in [6, 6.07) is 2.97. The van der Waals surface area contributed by atoms with E-state index in [2.05, 4.69) is 27.2 Å². The number of nitrogens with one attached hydrogen (secondary N) is 1. The van der Waals surface area contributed by atoms with E-state index in [4.69, 9.17) is 4.74 Å². The van der Waals surface area contributed by atoms with Crippen LogP contribution in [0, 0.1) is 5.82 Å². The highest BCUT2D eigenvalue weighted by atomic mass is 19.1. The second-order valence-corrected chi connectivity index (χ2v) is 4.91. The Bertz CT molecular complexity index is 630. The summed E-state index contributed by atoms with van der Waals surface area (Å²) in [7, 11) is 0. The van der Waals surface area contributed by atoms with Crippen molar-refractivity contribution in [1.82, 2.24) is 15.0 Å². The van der Waals surface area contributed by atoms with Gasteiger partial charge in [0.25, 0.3) is 0 Å². The number of aromatic nitrogens is 3. The molecule has 0 aliphatic carbocycles. The van der Waals surface area contributed by atoms with Crippen LogP contribution >= 0.6 is 0 Å². The molecule has 2 aromatic heterocycles. The van der Waals surface area contributed by atoms with Gasteiger partial charge in [0.2, 0.25) is 0 Å². The summed E-state index contributed by atoms with van der Waals surface area (Å²) in [5.41, 5.74) is 2.57. The van der Waals surface area contributed by atoms with E-state index < -0.39 is 0 Å². The third-order valence-corrected chi connectivity index (χ3v) is 3.32. The summed E-state index contributed by atoms with van der Waals surface area (Å²) in [6.45, 7) is 4.12. The van der Waals surface area contributed by atoms with Crippen molar-refractivity contribution in [3.63, 3.8) is 0 Å². The molecule has 3 rings (SSSR count). The van der Waals surface area contributed by atoms with E-state index in [1.807, 2.05) is 0 Å². The number of nitrogens with zero attached hydrogens (tertiary/aromatic N) is 3. The van der Waals surface area contributed by atoms with Crippen molar-refractivity contribution in [2.45, 2.75) is 26.4 Å². The summed E-state index contributed by atoms with van der Waals surface area (Å²) in [5.74, 6) is 0.950. The van der Waals surface area contributed by atoms with Gasteiger partial charge in [0, 0.05) is 18.5 Å². The van der Waals surface area contributed by atoms with Gasteiger partial charge in [0.15, 0.2) is 5.82 Å². The molecule has 0 aromatic carbocycles. The lowest BCUT2D eigenvalue weighted by atomic mass is 10.1. The quantitative estimate of drug-likeness (QED) is 0.937. The fourth-order valence-electron chi connectivity index (χ4n) is 2.24. The molecule has 0 atom stereocenters. The monoisotopic (exact) mass is 288 g/mol. The molecular formula is C15H17FN4O. The number of ether oxygens (including phenoxy) is 1. The van der Waals surface area contributed by atoms with Crippen LogP contribution < -0.4 is 5.32 Å². The van der Waals surface area contributed by atoms with Gasteiger partial charge >= 0.3 is 0 Å². The smallest absolute Gasteiger partial charge is 0.180 e. The molecule has 2 aromatic rings. The zero-order chi connectivity index (χ0) is 14.7. The summed E-state index contributed by atoms with van der Waals surface area (Å²) in [5, 5.41) is 3.31. The molecule has 6 heteroatoms. The van der Waals surface area contributed by atoms with Gasteiger partial charge < -0.3 is 10.1 Å². The first-order valence-corrected chi connectivity index (χ1v) is 7.11. The second-order valence-electron chi connectivity index (χ2n) is 4.91. The number of pyridine rings is 1. The van der Waals surface area contributed by atoms with Gasteiger partial charge in [0.05, 0.1) is 25.1 Å². The predicted molar refractivity (Wildman–Crippen MR) is 77.4 cm³/mol. The summed E-state index contributed by atoms with van der Waals surface area (Å²) < 4.78 is 18.5. The van der Waals surface area contributed by atoms with E-state index in [0.717, 1.165) is 36.5 Å². The Morgan fingerprint density at radius 1 is 1.33 bits per heavy atom. The first-order valence-electron chi connectivity index (χ1n) is 7.11. The number of rotatable bonds is 4. The average molecular weight is 288 g/mol. The fraction of sp³-hybridized carbons (Fsp3) is 0.400. The van der Waals surface area contributed by atoms with Gasteiger partial charge in [-0.3, -0.25) is 0 Å². The second kappa shape index (κ2) is 6.13. The van der Waals surface area contributed by atoms with Crippen molar-refractivity contribution in [2.75, 3.05) is 18.5 Å². The van der Waals surface area contributed by atoms with Crippen molar-refractivity contribution in [2.24, 2.45) is 0 Å². The minimum atomic E-state index is -0.366. The van der Waals surface area contributed by atoms with Crippen molar-refractivity contribution >= 4 is 5.82 Å². The SMILES string of the molecule is CCCNc1nc(-c2ccc(F)cn2)nc2c1COCC2. The Balaban J connectivity index is 2.02. The highest BCUT2D eigenvalue weighted by Crippen LogP contribution is 2.25. The van der Waals surface area contributed by atoms with Gasteiger partial charge in [-0.25, -0.2) is 19.3 Å². The third kappa shape index (κ3) is 3.00. The Morgan fingerprint density at radius 3 is 3.00 bits per heavy atom. The number of halogens is 1. The van der Waals surface area contributed by atoms with Crippen LogP contribution in [0.25, 0.3) is 11.5 Å². The lowest BCUT2D eigenvalue weighted by Gasteiger charge is -2.20. The molecule has 0 fully saturated rings. The van der Waals surface area contributed by atoms with Crippen LogP contribution in [0.2, 0.25) is 0 Å². The van der Waals surface area contributed by atoms with Crippen molar-refractivity contribution in [1.29, 1.82) is 0 Å². The van der Waals surface area contributed by atoms with Crippen molar-refractivity contribution in [3.05, 3.63) is 35.4 Å². The molecule has 1 aliphatic rings.